The van der Waals surface area contributed by atoms with Gasteiger partial charge in [-0.05, 0) is 47.9 Å². The largest absolute Gasteiger partial charge is 0.448 e. The van der Waals surface area contributed by atoms with Crippen molar-refractivity contribution in [2.45, 2.75) is 56.4 Å². The van der Waals surface area contributed by atoms with Gasteiger partial charge in [0.25, 0.3) is 0 Å². The molecule has 2 bridgehead atoms. The molecular weight excluding hydrogens is 402 g/mol. The van der Waals surface area contributed by atoms with Gasteiger partial charge in [-0.25, -0.2) is 4.79 Å². The van der Waals surface area contributed by atoms with E-state index in [0.717, 1.165) is 32.1 Å². The first-order valence-electron chi connectivity index (χ1n) is 11.6. The Balaban J connectivity index is 1.30. The number of carbonyl (C=O) groups is 1. The molecule has 1 amide bonds. The number of nitrogens with zero attached hydrogens (tertiary/aromatic N) is 1. The van der Waals surface area contributed by atoms with Crippen molar-refractivity contribution in [1.29, 1.82) is 0 Å². The van der Waals surface area contributed by atoms with Crippen LogP contribution in [-0.4, -0.2) is 50.2 Å². The number of ether oxygens (including phenoxy) is 3. The Labute approximate surface area is 190 Å². The van der Waals surface area contributed by atoms with Crippen molar-refractivity contribution in [2.24, 2.45) is 0 Å². The molecule has 0 aromatic heterocycles. The second-order valence-corrected chi connectivity index (χ2v) is 9.00. The molecule has 168 valence electrons. The summed E-state index contributed by atoms with van der Waals surface area (Å²) in [5.74, 6) is 0.0891. The molecule has 0 saturated carbocycles. The highest BCUT2D eigenvalue weighted by Crippen LogP contribution is 2.45. The molecule has 0 N–H and O–H groups in total. The Kier molecular flexibility index (Phi) is 6.03. The van der Waals surface area contributed by atoms with Gasteiger partial charge in [0.1, 0.15) is 6.61 Å². The lowest BCUT2D eigenvalue weighted by atomic mass is 9.84. The maximum absolute atomic E-state index is 13.3. The molecule has 32 heavy (non-hydrogen) atoms. The molecule has 2 aromatic carbocycles. The van der Waals surface area contributed by atoms with Crippen LogP contribution in [0.15, 0.2) is 60.2 Å². The molecule has 3 aliphatic rings. The van der Waals surface area contributed by atoms with Gasteiger partial charge >= 0.3 is 6.09 Å². The molecule has 5 heteroatoms. The number of carbonyl (C=O) groups excluding carboxylic acids is 1. The predicted octanol–water partition coefficient (Wildman–Crippen LogP) is 5.50. The Bertz CT molecular complexity index is 967. The van der Waals surface area contributed by atoms with Gasteiger partial charge in [-0.15, -0.1) is 0 Å². The van der Waals surface area contributed by atoms with Crippen molar-refractivity contribution in [1.82, 2.24) is 4.90 Å². The highest BCUT2D eigenvalue weighted by atomic mass is 16.7. The fraction of sp³-hybridized carbons (Fsp3) is 0.444. The lowest BCUT2D eigenvalue weighted by Gasteiger charge is -2.44. The second kappa shape index (κ2) is 9.08. The van der Waals surface area contributed by atoms with Crippen molar-refractivity contribution in [3.05, 3.63) is 71.3 Å². The molecule has 5 nitrogen and oxygen atoms in total. The predicted molar refractivity (Wildman–Crippen MR) is 123 cm³/mol. The van der Waals surface area contributed by atoms with Crippen LogP contribution in [0, 0.1) is 0 Å². The van der Waals surface area contributed by atoms with Gasteiger partial charge in [0, 0.05) is 32.6 Å². The van der Waals surface area contributed by atoms with E-state index in [1.165, 1.54) is 27.8 Å². The molecule has 1 fully saturated rings. The summed E-state index contributed by atoms with van der Waals surface area (Å²) in [7, 11) is 3.34. The van der Waals surface area contributed by atoms with E-state index in [-0.39, 0.29) is 30.4 Å². The van der Waals surface area contributed by atoms with Crippen LogP contribution in [-0.2, 0) is 14.2 Å². The fourth-order valence-electron chi connectivity index (χ4n) is 5.70. The molecule has 2 aliphatic heterocycles. The Morgan fingerprint density at radius 1 is 1.00 bits per heavy atom. The number of benzene rings is 2. The minimum Gasteiger partial charge on any atom is -0.448 e. The third kappa shape index (κ3) is 3.84. The minimum absolute atomic E-state index is 0.0891. The standard InChI is InChI=1S/C27H31NO4/c1-30-26(31-2)16-18-14-19-8-7-9-20(15-18)28(19)27(29)32-17-25-23-12-5-3-10-21(23)22-11-4-6-13-24(22)25/h3-6,10-14,19-20,25-26H,7-9,15-17H2,1-2H3. The van der Waals surface area contributed by atoms with E-state index in [9.17, 15) is 4.79 Å². The quantitative estimate of drug-likeness (QED) is 0.446. The van der Waals surface area contributed by atoms with E-state index in [2.05, 4.69) is 54.6 Å². The van der Waals surface area contributed by atoms with E-state index in [1.54, 1.807) is 14.2 Å². The molecule has 1 saturated heterocycles. The van der Waals surface area contributed by atoms with Crippen molar-refractivity contribution in [3.63, 3.8) is 0 Å². The van der Waals surface area contributed by atoms with Crippen LogP contribution in [0.25, 0.3) is 11.1 Å². The molecule has 0 radical (unpaired) electrons. The monoisotopic (exact) mass is 433 g/mol. The van der Waals surface area contributed by atoms with Crippen LogP contribution in [0.4, 0.5) is 4.79 Å². The molecular formula is C27H31NO4. The van der Waals surface area contributed by atoms with Gasteiger partial charge < -0.3 is 14.2 Å². The van der Waals surface area contributed by atoms with E-state index in [1.807, 2.05) is 4.90 Å². The summed E-state index contributed by atoms with van der Waals surface area (Å²) in [4.78, 5) is 15.2. The van der Waals surface area contributed by atoms with E-state index >= 15 is 0 Å². The number of rotatable bonds is 6. The first-order valence-corrected chi connectivity index (χ1v) is 11.6. The average Bonchev–Trinajstić information content (AvgIpc) is 3.14. The zero-order valence-electron chi connectivity index (χ0n) is 18.8. The lowest BCUT2D eigenvalue weighted by molar-refractivity contribution is -0.101. The topological polar surface area (TPSA) is 48.0 Å². The van der Waals surface area contributed by atoms with Gasteiger partial charge in [0.15, 0.2) is 6.29 Å². The minimum atomic E-state index is -0.233. The third-order valence-corrected chi connectivity index (χ3v) is 7.22. The zero-order valence-corrected chi connectivity index (χ0v) is 18.8. The van der Waals surface area contributed by atoms with Gasteiger partial charge in [-0.1, -0.05) is 60.2 Å². The molecule has 2 heterocycles. The molecule has 2 unspecified atom stereocenters. The number of hydrogen-bond donors (Lipinski definition) is 0. The maximum atomic E-state index is 13.3. The van der Waals surface area contributed by atoms with Crippen LogP contribution in [0.3, 0.4) is 0 Å². The highest BCUT2D eigenvalue weighted by molar-refractivity contribution is 5.79. The first-order chi connectivity index (χ1) is 15.7. The van der Waals surface area contributed by atoms with Crippen LogP contribution in [0.2, 0.25) is 0 Å². The summed E-state index contributed by atoms with van der Waals surface area (Å²) in [6, 6.07) is 17.2. The number of piperidine rings is 1. The van der Waals surface area contributed by atoms with Crippen LogP contribution < -0.4 is 0 Å². The summed E-state index contributed by atoms with van der Waals surface area (Å²) >= 11 is 0. The third-order valence-electron chi connectivity index (χ3n) is 7.22. The number of fused-ring (bicyclic) bond motifs is 5. The van der Waals surface area contributed by atoms with Gasteiger partial charge in [0.05, 0.1) is 6.04 Å². The number of hydrogen-bond acceptors (Lipinski definition) is 4. The lowest BCUT2D eigenvalue weighted by Crippen LogP contribution is -2.52. The number of methoxy groups -OCH3 is 2. The van der Waals surface area contributed by atoms with E-state index in [0.29, 0.717) is 6.61 Å². The normalized spacial score (nSPS) is 21.8. The van der Waals surface area contributed by atoms with Crippen LogP contribution >= 0.6 is 0 Å². The van der Waals surface area contributed by atoms with Crippen molar-refractivity contribution in [3.8, 4) is 11.1 Å². The van der Waals surface area contributed by atoms with Crippen LogP contribution in [0.5, 0.6) is 0 Å². The smallest absolute Gasteiger partial charge is 0.410 e. The van der Waals surface area contributed by atoms with Crippen molar-refractivity contribution < 1.29 is 19.0 Å². The Morgan fingerprint density at radius 3 is 2.28 bits per heavy atom. The molecule has 5 rings (SSSR count). The first kappa shape index (κ1) is 21.2. The van der Waals surface area contributed by atoms with Gasteiger partial charge in [-0.3, -0.25) is 4.90 Å². The Hall–Kier alpha value is -2.63. The summed E-state index contributed by atoms with van der Waals surface area (Å²) in [6.45, 7) is 0.370. The zero-order chi connectivity index (χ0) is 22.1. The van der Waals surface area contributed by atoms with Crippen molar-refractivity contribution >= 4 is 6.09 Å². The summed E-state index contributed by atoms with van der Waals surface area (Å²) in [6.07, 6.45) is 6.57. The second-order valence-electron chi connectivity index (χ2n) is 9.00. The fourth-order valence-corrected chi connectivity index (χ4v) is 5.70. The van der Waals surface area contributed by atoms with E-state index < -0.39 is 0 Å². The van der Waals surface area contributed by atoms with E-state index in [4.69, 9.17) is 14.2 Å². The maximum Gasteiger partial charge on any atom is 0.410 e. The highest BCUT2D eigenvalue weighted by Gasteiger charge is 2.39. The molecule has 2 aromatic rings. The summed E-state index contributed by atoms with van der Waals surface area (Å²) in [5, 5.41) is 0. The van der Waals surface area contributed by atoms with Gasteiger partial charge in [-0.2, -0.15) is 0 Å². The average molecular weight is 434 g/mol. The molecule has 2 atom stereocenters. The number of amides is 1. The van der Waals surface area contributed by atoms with Gasteiger partial charge in [0.2, 0.25) is 0 Å². The summed E-state index contributed by atoms with van der Waals surface area (Å²) in [5.41, 5.74) is 6.30. The Morgan fingerprint density at radius 2 is 1.66 bits per heavy atom. The summed E-state index contributed by atoms with van der Waals surface area (Å²) < 4.78 is 16.7. The SMILES string of the molecule is COC(CC1=CC2CCCC(C1)N2C(=O)OCC1c2ccccc2-c2ccccc21)OC. The van der Waals surface area contributed by atoms with Crippen LogP contribution in [0.1, 0.15) is 49.1 Å². The molecule has 0 spiro atoms. The molecule has 1 aliphatic carbocycles. The van der Waals surface area contributed by atoms with Crippen molar-refractivity contribution in [2.75, 3.05) is 20.8 Å².